The van der Waals surface area contributed by atoms with Gasteiger partial charge in [-0.25, -0.2) is 0 Å². The Hall–Kier alpha value is -2.67. The number of Topliss-reactive ketones (excluding diaryl/α,β-unsaturated/α-hetero) is 1. The summed E-state index contributed by atoms with van der Waals surface area (Å²) in [7, 11) is 0. The lowest BCUT2D eigenvalue weighted by atomic mass is 9.96. The minimum atomic E-state index is -0.425. The molecule has 2 amide bonds. The molecule has 0 radical (unpaired) electrons. The van der Waals surface area contributed by atoms with E-state index in [1.165, 1.54) is 6.92 Å². The van der Waals surface area contributed by atoms with Crippen LogP contribution < -0.4 is 10.6 Å². The van der Waals surface area contributed by atoms with Gasteiger partial charge in [0.25, 0.3) is 0 Å². The molecule has 1 fully saturated rings. The molecule has 150 valence electrons. The van der Waals surface area contributed by atoms with Crippen LogP contribution in [0.2, 0.25) is 0 Å². The fourth-order valence-corrected chi connectivity index (χ4v) is 3.70. The van der Waals surface area contributed by atoms with Crippen LogP contribution >= 0.6 is 0 Å². The molecule has 1 aromatic heterocycles. The molecule has 28 heavy (non-hydrogen) atoms. The van der Waals surface area contributed by atoms with Crippen LogP contribution in [-0.4, -0.2) is 48.2 Å². The first-order valence-corrected chi connectivity index (χ1v) is 9.77. The minimum absolute atomic E-state index is 0.0412. The quantitative estimate of drug-likeness (QED) is 0.746. The number of hydrogen-bond acceptors (Lipinski definition) is 5. The zero-order valence-electron chi connectivity index (χ0n) is 16.6. The first-order valence-electron chi connectivity index (χ1n) is 9.77. The molecule has 0 spiro atoms. The Bertz CT molecular complexity index is 889. The number of hydrogen-bond donors (Lipinski definition) is 2. The van der Waals surface area contributed by atoms with Crippen molar-refractivity contribution in [2.75, 3.05) is 25.0 Å². The van der Waals surface area contributed by atoms with Gasteiger partial charge >= 0.3 is 0 Å². The second kappa shape index (κ2) is 8.56. The maximum atomic E-state index is 12.9. The largest absolute Gasteiger partial charge is 0.451 e. The number of nitrogens with one attached hydrogen (secondary N) is 2. The van der Waals surface area contributed by atoms with Crippen LogP contribution in [0, 0.1) is 5.92 Å². The van der Waals surface area contributed by atoms with E-state index in [1.807, 2.05) is 36.9 Å². The van der Waals surface area contributed by atoms with Gasteiger partial charge in [0, 0.05) is 25.4 Å². The number of piperidine rings is 1. The van der Waals surface area contributed by atoms with Crippen molar-refractivity contribution in [3.63, 3.8) is 0 Å². The van der Waals surface area contributed by atoms with Gasteiger partial charge in [-0.15, -0.1) is 0 Å². The first kappa shape index (κ1) is 20.1. The standard InChI is InChI=1S/C21H27N3O4/c1-4-22-21(27)15-8-7-11-24(12-15)13(2)20(26)23-18-16-9-5-6-10-17(16)28-19(18)14(3)25/h5-6,9-10,13,15H,4,7-8,11-12H2,1-3H3,(H,22,27)(H,23,26). The molecule has 2 unspecified atom stereocenters. The number of ketones is 1. The molecule has 2 atom stereocenters. The van der Waals surface area contributed by atoms with E-state index in [4.69, 9.17) is 4.42 Å². The summed E-state index contributed by atoms with van der Waals surface area (Å²) in [6.45, 7) is 7.05. The van der Waals surface area contributed by atoms with Gasteiger partial charge in [0.05, 0.1) is 17.6 Å². The van der Waals surface area contributed by atoms with Crippen molar-refractivity contribution in [3.8, 4) is 0 Å². The van der Waals surface area contributed by atoms with Crippen LogP contribution in [0.3, 0.4) is 0 Å². The van der Waals surface area contributed by atoms with Crippen LogP contribution in [0.25, 0.3) is 11.0 Å². The lowest BCUT2D eigenvalue weighted by Crippen LogP contribution is -2.50. The zero-order valence-corrected chi connectivity index (χ0v) is 16.6. The van der Waals surface area contributed by atoms with Gasteiger partial charge in [-0.2, -0.15) is 0 Å². The number of amides is 2. The normalized spacial score (nSPS) is 18.6. The Morgan fingerprint density at radius 3 is 2.75 bits per heavy atom. The molecule has 1 aliphatic heterocycles. The van der Waals surface area contributed by atoms with Crippen LogP contribution in [-0.2, 0) is 9.59 Å². The van der Waals surface area contributed by atoms with Crippen molar-refractivity contribution >= 4 is 34.3 Å². The molecule has 2 aromatic rings. The topological polar surface area (TPSA) is 91.7 Å². The van der Waals surface area contributed by atoms with Crippen LogP contribution in [0.15, 0.2) is 28.7 Å². The van der Waals surface area contributed by atoms with Gasteiger partial charge in [0.2, 0.25) is 11.8 Å². The molecule has 1 saturated heterocycles. The highest BCUT2D eigenvalue weighted by atomic mass is 16.3. The van der Waals surface area contributed by atoms with Crippen LogP contribution in [0.4, 0.5) is 5.69 Å². The minimum Gasteiger partial charge on any atom is -0.451 e. The molecule has 2 heterocycles. The number of nitrogens with zero attached hydrogens (tertiary/aromatic N) is 1. The SMILES string of the molecule is CCNC(=O)C1CCCN(C(C)C(=O)Nc2c(C(C)=O)oc3ccccc23)C1. The van der Waals surface area contributed by atoms with E-state index >= 15 is 0 Å². The maximum absolute atomic E-state index is 12.9. The number of carbonyl (C=O) groups excluding carboxylic acids is 3. The molecular formula is C21H27N3O4. The van der Waals surface area contributed by atoms with E-state index < -0.39 is 6.04 Å². The highest BCUT2D eigenvalue weighted by Gasteiger charge is 2.31. The molecule has 1 aliphatic rings. The van der Waals surface area contributed by atoms with Gasteiger partial charge in [0.15, 0.2) is 11.5 Å². The van der Waals surface area contributed by atoms with E-state index in [0.29, 0.717) is 29.7 Å². The van der Waals surface area contributed by atoms with Crippen molar-refractivity contribution in [2.24, 2.45) is 5.92 Å². The van der Waals surface area contributed by atoms with Crippen LogP contribution in [0.1, 0.15) is 44.2 Å². The van der Waals surface area contributed by atoms with E-state index in [0.717, 1.165) is 19.4 Å². The Kier molecular flexibility index (Phi) is 6.14. The molecule has 3 rings (SSSR count). The Morgan fingerprint density at radius 2 is 2.04 bits per heavy atom. The van der Waals surface area contributed by atoms with E-state index in [-0.39, 0.29) is 29.3 Å². The summed E-state index contributed by atoms with van der Waals surface area (Å²) < 4.78 is 5.63. The van der Waals surface area contributed by atoms with Crippen molar-refractivity contribution < 1.29 is 18.8 Å². The molecule has 2 N–H and O–H groups in total. The zero-order chi connectivity index (χ0) is 20.3. The van der Waals surface area contributed by atoms with Gasteiger partial charge in [-0.05, 0) is 45.4 Å². The molecule has 0 saturated carbocycles. The predicted octanol–water partition coefficient (Wildman–Crippen LogP) is 2.81. The number of carbonyl (C=O) groups is 3. The Morgan fingerprint density at radius 1 is 1.29 bits per heavy atom. The third-order valence-corrected chi connectivity index (χ3v) is 5.27. The fraction of sp³-hybridized carbons (Fsp3) is 0.476. The van der Waals surface area contributed by atoms with E-state index in [1.54, 1.807) is 6.07 Å². The number of fused-ring (bicyclic) bond motifs is 1. The van der Waals surface area contributed by atoms with Crippen molar-refractivity contribution in [2.45, 2.75) is 39.7 Å². The summed E-state index contributed by atoms with van der Waals surface area (Å²) >= 11 is 0. The third-order valence-electron chi connectivity index (χ3n) is 5.27. The smallest absolute Gasteiger partial charge is 0.241 e. The second-order valence-electron chi connectivity index (χ2n) is 7.25. The molecule has 0 aliphatic carbocycles. The van der Waals surface area contributed by atoms with E-state index in [9.17, 15) is 14.4 Å². The monoisotopic (exact) mass is 385 g/mol. The lowest BCUT2D eigenvalue weighted by molar-refractivity contribution is -0.129. The molecule has 0 bridgehead atoms. The van der Waals surface area contributed by atoms with E-state index in [2.05, 4.69) is 10.6 Å². The molecule has 7 nitrogen and oxygen atoms in total. The van der Waals surface area contributed by atoms with Crippen molar-refractivity contribution in [1.82, 2.24) is 10.2 Å². The summed E-state index contributed by atoms with van der Waals surface area (Å²) in [4.78, 5) is 39.1. The maximum Gasteiger partial charge on any atom is 0.241 e. The van der Waals surface area contributed by atoms with Crippen molar-refractivity contribution in [3.05, 3.63) is 30.0 Å². The van der Waals surface area contributed by atoms with Gasteiger partial charge in [-0.3, -0.25) is 19.3 Å². The number of likely N-dealkylation sites (tertiary alicyclic amines) is 1. The van der Waals surface area contributed by atoms with Crippen molar-refractivity contribution in [1.29, 1.82) is 0 Å². The first-order chi connectivity index (χ1) is 13.4. The molecule has 1 aromatic carbocycles. The highest BCUT2D eigenvalue weighted by molar-refractivity contribution is 6.11. The molecule has 7 heteroatoms. The van der Waals surface area contributed by atoms with Gasteiger partial charge in [0.1, 0.15) is 5.58 Å². The number of benzene rings is 1. The lowest BCUT2D eigenvalue weighted by Gasteiger charge is -2.35. The number of furan rings is 1. The second-order valence-corrected chi connectivity index (χ2v) is 7.25. The Balaban J connectivity index is 1.76. The average molecular weight is 385 g/mol. The fourth-order valence-electron chi connectivity index (χ4n) is 3.70. The number of anilines is 1. The predicted molar refractivity (Wildman–Crippen MR) is 107 cm³/mol. The summed E-state index contributed by atoms with van der Waals surface area (Å²) in [5, 5.41) is 6.45. The van der Waals surface area contributed by atoms with Gasteiger partial charge < -0.3 is 15.1 Å². The number of rotatable bonds is 6. The summed E-state index contributed by atoms with van der Waals surface area (Å²) in [6, 6.07) is 6.81. The average Bonchev–Trinajstić information content (AvgIpc) is 3.06. The van der Waals surface area contributed by atoms with Gasteiger partial charge in [-0.1, -0.05) is 12.1 Å². The Labute approximate surface area is 164 Å². The summed E-state index contributed by atoms with van der Waals surface area (Å²) in [5.74, 6) is -0.370. The summed E-state index contributed by atoms with van der Waals surface area (Å²) in [6.07, 6.45) is 1.70. The number of para-hydroxylation sites is 1. The summed E-state index contributed by atoms with van der Waals surface area (Å²) in [5.41, 5.74) is 0.974. The van der Waals surface area contributed by atoms with Crippen LogP contribution in [0.5, 0.6) is 0 Å². The highest BCUT2D eigenvalue weighted by Crippen LogP contribution is 2.31. The molecular weight excluding hydrogens is 358 g/mol. The third kappa shape index (κ3) is 4.09.